The third-order valence-electron chi connectivity index (χ3n) is 11.2. The fourth-order valence-electron chi connectivity index (χ4n) is 9.31. The van der Waals surface area contributed by atoms with Gasteiger partial charge >= 0.3 is 11.9 Å². The smallest absolute Gasteiger partial charge is 0.320 e. The average Bonchev–Trinajstić information content (AvgIpc) is 3.15. The summed E-state index contributed by atoms with van der Waals surface area (Å²) in [5, 5.41) is 0. The zero-order valence-corrected chi connectivity index (χ0v) is 21.4. The monoisotopic (exact) mass is 460 g/mol. The molecule has 0 aliphatic heterocycles. The number of ketones is 1. The number of Topliss-reactive ketones (excluding diaryl/α,β-unsaturated/α-hetero) is 1. The highest BCUT2D eigenvalue weighted by molar-refractivity contribution is 5.94. The molecular weight excluding hydrogens is 416 g/mol. The van der Waals surface area contributed by atoms with E-state index in [2.05, 4.69) is 20.8 Å². The van der Waals surface area contributed by atoms with Crippen molar-refractivity contribution in [3.05, 3.63) is 0 Å². The Labute approximate surface area is 199 Å². The molecule has 4 aliphatic rings. The summed E-state index contributed by atoms with van der Waals surface area (Å²) in [4.78, 5) is 36.7. The topological polar surface area (TPSA) is 69.7 Å². The molecule has 4 aliphatic carbocycles. The van der Waals surface area contributed by atoms with Crippen molar-refractivity contribution >= 4 is 17.7 Å². The van der Waals surface area contributed by atoms with Crippen LogP contribution in [0.5, 0.6) is 0 Å². The number of methoxy groups -OCH3 is 2. The van der Waals surface area contributed by atoms with E-state index in [1.165, 1.54) is 52.7 Å². The van der Waals surface area contributed by atoms with E-state index in [1.807, 2.05) is 0 Å². The van der Waals surface area contributed by atoms with Crippen molar-refractivity contribution in [1.82, 2.24) is 0 Å². The van der Waals surface area contributed by atoms with Gasteiger partial charge in [0.2, 0.25) is 0 Å². The minimum atomic E-state index is -0.808. The molecule has 0 aromatic carbocycles. The van der Waals surface area contributed by atoms with Gasteiger partial charge in [0.15, 0.2) is 5.92 Å². The number of carbonyl (C=O) groups excluding carboxylic acids is 3. The summed E-state index contributed by atoms with van der Waals surface area (Å²) in [7, 11) is 2.68. The van der Waals surface area contributed by atoms with E-state index in [0.29, 0.717) is 35.4 Å². The summed E-state index contributed by atoms with van der Waals surface area (Å²) in [6, 6.07) is 0. The number of carbonyl (C=O) groups is 3. The van der Waals surface area contributed by atoms with Gasteiger partial charge in [0, 0.05) is 12.8 Å². The van der Waals surface area contributed by atoms with Gasteiger partial charge < -0.3 is 9.47 Å². The van der Waals surface area contributed by atoms with E-state index < -0.39 is 17.9 Å². The van der Waals surface area contributed by atoms with Crippen LogP contribution >= 0.6 is 0 Å². The van der Waals surface area contributed by atoms with Crippen molar-refractivity contribution in [2.75, 3.05) is 14.2 Å². The van der Waals surface area contributed by atoms with Crippen molar-refractivity contribution in [2.45, 2.75) is 91.4 Å². The first-order valence-corrected chi connectivity index (χ1v) is 13.4. The molecule has 0 heterocycles. The third-order valence-corrected chi connectivity index (χ3v) is 11.2. The van der Waals surface area contributed by atoms with E-state index in [9.17, 15) is 14.4 Å². The highest BCUT2D eigenvalue weighted by Gasteiger charge is 2.61. The van der Waals surface area contributed by atoms with Crippen LogP contribution in [0, 0.1) is 52.3 Å². The molecule has 5 heteroatoms. The standard InChI is InChI=1S/C28H44O5/c1-6-17-15-21-22-10-8-18(7-9-20(25(30)32-4)26(31)33-5)27(22,2)14-12-23(21)28(3)13-11-19(29)16-24(17)28/h17-18,20-24H,6-16H2,1-5H3/t17-,18?,21?,22?,23?,24?,27?,28?/m1/s1. The first-order chi connectivity index (χ1) is 15.7. The molecule has 0 N–H and O–H groups in total. The summed E-state index contributed by atoms with van der Waals surface area (Å²) in [5.41, 5.74) is 0.599. The quantitative estimate of drug-likeness (QED) is 0.381. The van der Waals surface area contributed by atoms with Gasteiger partial charge in [0.1, 0.15) is 5.78 Å². The van der Waals surface area contributed by atoms with Crippen LogP contribution in [0.25, 0.3) is 0 Å². The fourth-order valence-corrected chi connectivity index (χ4v) is 9.31. The number of ether oxygens (including phenoxy) is 2. The van der Waals surface area contributed by atoms with Gasteiger partial charge in [-0.2, -0.15) is 0 Å². The first-order valence-electron chi connectivity index (χ1n) is 13.4. The molecule has 186 valence electrons. The Balaban J connectivity index is 1.51. The minimum Gasteiger partial charge on any atom is -0.468 e. The summed E-state index contributed by atoms with van der Waals surface area (Å²) in [6.07, 6.45) is 11.5. The van der Waals surface area contributed by atoms with Gasteiger partial charge in [-0.1, -0.05) is 27.2 Å². The lowest BCUT2D eigenvalue weighted by Crippen LogP contribution is -2.56. The Morgan fingerprint density at radius 2 is 1.64 bits per heavy atom. The molecule has 0 aromatic heterocycles. The van der Waals surface area contributed by atoms with Crippen LogP contribution in [0.4, 0.5) is 0 Å². The fraction of sp³-hybridized carbons (Fsp3) is 0.893. The van der Waals surface area contributed by atoms with Gasteiger partial charge in [-0.05, 0) is 97.7 Å². The predicted molar refractivity (Wildman–Crippen MR) is 126 cm³/mol. The number of hydrogen-bond donors (Lipinski definition) is 0. The van der Waals surface area contributed by atoms with Crippen LogP contribution in [-0.4, -0.2) is 31.9 Å². The molecule has 4 saturated carbocycles. The Morgan fingerprint density at radius 3 is 2.27 bits per heavy atom. The number of hydrogen-bond acceptors (Lipinski definition) is 5. The number of esters is 2. The molecular formula is C28H44O5. The van der Waals surface area contributed by atoms with E-state index in [-0.39, 0.29) is 5.41 Å². The van der Waals surface area contributed by atoms with Crippen LogP contribution in [0.3, 0.4) is 0 Å². The Hall–Kier alpha value is -1.39. The van der Waals surface area contributed by atoms with Crippen molar-refractivity contribution in [2.24, 2.45) is 52.3 Å². The normalized spacial score (nSPS) is 42.3. The van der Waals surface area contributed by atoms with Gasteiger partial charge in [0.25, 0.3) is 0 Å². The molecule has 5 nitrogen and oxygen atoms in total. The molecule has 0 radical (unpaired) electrons. The summed E-state index contributed by atoms with van der Waals surface area (Å²) >= 11 is 0. The van der Waals surface area contributed by atoms with Crippen LogP contribution < -0.4 is 0 Å². The first kappa shape index (κ1) is 24.7. The summed E-state index contributed by atoms with van der Waals surface area (Å²) < 4.78 is 9.76. The van der Waals surface area contributed by atoms with Crippen LogP contribution in [0.15, 0.2) is 0 Å². The maximum atomic E-state index is 12.4. The van der Waals surface area contributed by atoms with Crippen molar-refractivity contribution < 1.29 is 23.9 Å². The van der Waals surface area contributed by atoms with E-state index in [1.54, 1.807) is 0 Å². The molecule has 4 fully saturated rings. The van der Waals surface area contributed by atoms with Gasteiger partial charge in [-0.15, -0.1) is 0 Å². The lowest BCUT2D eigenvalue weighted by molar-refractivity contribution is -0.159. The largest absolute Gasteiger partial charge is 0.468 e. The Bertz CT molecular complexity index is 760. The van der Waals surface area contributed by atoms with E-state index in [0.717, 1.165) is 43.4 Å². The minimum absolute atomic E-state index is 0.282. The zero-order chi connectivity index (χ0) is 24.0. The molecule has 0 spiro atoms. The van der Waals surface area contributed by atoms with Crippen molar-refractivity contribution in [3.8, 4) is 0 Å². The maximum Gasteiger partial charge on any atom is 0.320 e. The second kappa shape index (κ2) is 9.34. The predicted octanol–water partition coefficient (Wildman–Crippen LogP) is 5.59. The highest BCUT2D eigenvalue weighted by Crippen LogP contribution is 2.69. The maximum absolute atomic E-state index is 12.4. The molecule has 0 saturated heterocycles. The molecule has 8 atom stereocenters. The second-order valence-electron chi connectivity index (χ2n) is 12.1. The lowest BCUT2D eigenvalue weighted by atomic mass is 9.42. The van der Waals surface area contributed by atoms with Crippen LogP contribution in [-0.2, 0) is 23.9 Å². The van der Waals surface area contributed by atoms with Gasteiger partial charge in [-0.3, -0.25) is 14.4 Å². The molecule has 7 unspecified atom stereocenters. The zero-order valence-electron chi connectivity index (χ0n) is 21.4. The molecule has 33 heavy (non-hydrogen) atoms. The molecule has 4 rings (SSSR count). The second-order valence-corrected chi connectivity index (χ2v) is 12.1. The van der Waals surface area contributed by atoms with Gasteiger partial charge in [-0.25, -0.2) is 0 Å². The van der Waals surface area contributed by atoms with Crippen molar-refractivity contribution in [1.29, 1.82) is 0 Å². The lowest BCUT2D eigenvalue weighted by Gasteiger charge is -2.62. The Morgan fingerprint density at radius 1 is 0.970 bits per heavy atom. The summed E-state index contributed by atoms with van der Waals surface area (Å²) in [5.74, 6) is 2.73. The van der Waals surface area contributed by atoms with Gasteiger partial charge in [0.05, 0.1) is 14.2 Å². The number of rotatable bonds is 6. The van der Waals surface area contributed by atoms with Crippen LogP contribution in [0.2, 0.25) is 0 Å². The van der Waals surface area contributed by atoms with E-state index in [4.69, 9.17) is 9.47 Å². The highest BCUT2D eigenvalue weighted by atomic mass is 16.5. The Kier molecular flexibility index (Phi) is 7.00. The molecule has 0 aromatic rings. The third kappa shape index (κ3) is 4.05. The molecule has 0 amide bonds. The number of fused-ring (bicyclic) bond motifs is 5. The SMILES string of the molecule is CC[C@@H]1CC2C3CCC(CCC(C(=O)OC)C(=O)OC)C3(C)CCC2C2(C)CCC(=O)CC12. The summed E-state index contributed by atoms with van der Waals surface area (Å²) in [6.45, 7) is 7.34. The molecule has 0 bridgehead atoms. The van der Waals surface area contributed by atoms with Crippen molar-refractivity contribution in [3.63, 3.8) is 0 Å². The average molecular weight is 461 g/mol. The van der Waals surface area contributed by atoms with E-state index >= 15 is 0 Å². The van der Waals surface area contributed by atoms with Crippen LogP contribution in [0.1, 0.15) is 91.4 Å².